The predicted octanol–water partition coefficient (Wildman–Crippen LogP) is 4.27. The summed E-state index contributed by atoms with van der Waals surface area (Å²) in [6.07, 6.45) is 2.00. The number of anilines is 1. The fraction of sp³-hybridized carbons (Fsp3) is 0.409. The molecule has 1 unspecified atom stereocenters. The number of nitrogens with two attached hydrogens (primary N) is 1. The van der Waals surface area contributed by atoms with Crippen LogP contribution >= 0.6 is 24.0 Å². The molecule has 8 heteroatoms. The molecule has 2 aromatic carbocycles. The van der Waals surface area contributed by atoms with Crippen molar-refractivity contribution >= 4 is 45.6 Å². The molecule has 0 bridgehead atoms. The van der Waals surface area contributed by atoms with Crippen molar-refractivity contribution in [3.05, 3.63) is 59.2 Å². The van der Waals surface area contributed by atoms with Gasteiger partial charge >= 0.3 is 0 Å². The van der Waals surface area contributed by atoms with Gasteiger partial charge in [-0.2, -0.15) is 4.31 Å². The van der Waals surface area contributed by atoms with Crippen LogP contribution in [-0.2, 0) is 16.6 Å². The van der Waals surface area contributed by atoms with Crippen LogP contribution < -0.4 is 11.1 Å². The number of rotatable bonds is 5. The minimum atomic E-state index is -3.43. The zero-order valence-electron chi connectivity index (χ0n) is 17.8. The second-order valence-corrected chi connectivity index (χ2v) is 9.90. The van der Waals surface area contributed by atoms with Gasteiger partial charge in [-0.05, 0) is 73.6 Å². The molecule has 0 spiro atoms. The van der Waals surface area contributed by atoms with Crippen LogP contribution in [0.3, 0.4) is 0 Å². The number of nitrogens with zero attached hydrogens (tertiary/aromatic N) is 2. The Balaban J connectivity index is 0.00000320. The molecule has 2 aromatic rings. The van der Waals surface area contributed by atoms with Crippen LogP contribution in [0.15, 0.2) is 52.4 Å². The number of sulfonamides is 1. The van der Waals surface area contributed by atoms with Crippen molar-refractivity contribution in [2.45, 2.75) is 45.1 Å². The van der Waals surface area contributed by atoms with E-state index in [0.717, 1.165) is 35.2 Å². The number of piperidine rings is 1. The molecule has 3 rings (SSSR count). The van der Waals surface area contributed by atoms with Gasteiger partial charge in [-0.15, -0.1) is 24.0 Å². The number of guanidine groups is 1. The standard InChI is InChI=1S/C22H30N4O2S.HI/c1-16-5-4-10-26(15-16)29(27,28)21-8-6-19(7-9-21)14-24-22(23)25-20-12-17(2)11-18(3)13-20;/h6-9,11-13,16H,4-5,10,14-15H2,1-3H3,(H3,23,24,25);1H. The van der Waals surface area contributed by atoms with Crippen LogP contribution in [0, 0.1) is 19.8 Å². The van der Waals surface area contributed by atoms with Crippen LogP contribution in [0.2, 0.25) is 0 Å². The smallest absolute Gasteiger partial charge is 0.243 e. The van der Waals surface area contributed by atoms with Gasteiger partial charge in [-0.1, -0.05) is 25.1 Å². The van der Waals surface area contributed by atoms with Crippen molar-refractivity contribution in [2.24, 2.45) is 16.6 Å². The lowest BCUT2D eigenvalue weighted by atomic mass is 10.0. The van der Waals surface area contributed by atoms with E-state index in [1.807, 2.05) is 26.0 Å². The number of benzene rings is 2. The van der Waals surface area contributed by atoms with Gasteiger partial charge in [0.1, 0.15) is 0 Å². The summed E-state index contributed by atoms with van der Waals surface area (Å²) in [5, 5.41) is 3.10. The van der Waals surface area contributed by atoms with Gasteiger partial charge in [0.15, 0.2) is 5.96 Å². The SMILES string of the molecule is Cc1cc(C)cc(NC(N)=NCc2ccc(S(=O)(=O)N3CCCC(C)C3)cc2)c1.I. The van der Waals surface area contributed by atoms with Gasteiger partial charge in [-0.3, -0.25) is 0 Å². The number of aliphatic imine (C=N–C) groups is 1. The van der Waals surface area contributed by atoms with E-state index in [1.165, 1.54) is 0 Å². The van der Waals surface area contributed by atoms with Crippen LogP contribution in [-0.4, -0.2) is 31.8 Å². The van der Waals surface area contributed by atoms with Crippen LogP contribution in [0.5, 0.6) is 0 Å². The number of aryl methyl sites for hydroxylation is 2. The summed E-state index contributed by atoms with van der Waals surface area (Å²) < 4.78 is 27.3. The average molecular weight is 542 g/mol. The fourth-order valence-corrected chi connectivity index (χ4v) is 5.29. The third-order valence-corrected chi connectivity index (χ3v) is 6.99. The van der Waals surface area contributed by atoms with Gasteiger partial charge in [0.25, 0.3) is 0 Å². The number of hydrogen-bond acceptors (Lipinski definition) is 3. The summed E-state index contributed by atoms with van der Waals surface area (Å²) in [7, 11) is -3.43. The average Bonchev–Trinajstić information content (AvgIpc) is 2.66. The Bertz CT molecular complexity index is 970. The molecule has 0 radical (unpaired) electrons. The molecule has 3 N–H and O–H groups in total. The first-order chi connectivity index (χ1) is 13.7. The second-order valence-electron chi connectivity index (χ2n) is 7.96. The van der Waals surface area contributed by atoms with E-state index < -0.39 is 10.0 Å². The fourth-order valence-electron chi connectivity index (χ4n) is 3.69. The molecule has 1 aliphatic rings. The minimum Gasteiger partial charge on any atom is -0.370 e. The topological polar surface area (TPSA) is 87.8 Å². The summed E-state index contributed by atoms with van der Waals surface area (Å²) in [4.78, 5) is 4.70. The molecule has 30 heavy (non-hydrogen) atoms. The summed E-state index contributed by atoms with van der Waals surface area (Å²) in [5.74, 6) is 0.730. The largest absolute Gasteiger partial charge is 0.370 e. The lowest BCUT2D eigenvalue weighted by Gasteiger charge is -2.30. The first kappa shape index (κ1) is 24.6. The zero-order chi connectivity index (χ0) is 21.0. The lowest BCUT2D eigenvalue weighted by molar-refractivity contribution is 0.281. The van der Waals surface area contributed by atoms with Gasteiger partial charge in [0, 0.05) is 18.8 Å². The van der Waals surface area contributed by atoms with Crippen LogP contribution in [0.1, 0.15) is 36.5 Å². The lowest BCUT2D eigenvalue weighted by Crippen LogP contribution is -2.39. The minimum absolute atomic E-state index is 0. The van der Waals surface area contributed by atoms with Crippen molar-refractivity contribution in [3.63, 3.8) is 0 Å². The predicted molar refractivity (Wildman–Crippen MR) is 134 cm³/mol. The molecule has 1 aliphatic heterocycles. The maximum Gasteiger partial charge on any atom is 0.243 e. The van der Waals surface area contributed by atoms with Crippen molar-refractivity contribution in [2.75, 3.05) is 18.4 Å². The Morgan fingerprint density at radius 1 is 1.17 bits per heavy atom. The van der Waals surface area contributed by atoms with E-state index in [0.29, 0.717) is 36.4 Å². The van der Waals surface area contributed by atoms with Gasteiger partial charge in [0.05, 0.1) is 11.4 Å². The molecule has 164 valence electrons. The molecule has 6 nitrogen and oxygen atoms in total. The van der Waals surface area contributed by atoms with E-state index in [9.17, 15) is 8.42 Å². The highest BCUT2D eigenvalue weighted by molar-refractivity contribution is 14.0. The Kier molecular flexibility index (Phi) is 8.69. The molecular weight excluding hydrogens is 511 g/mol. The summed E-state index contributed by atoms with van der Waals surface area (Å²) in [6.45, 7) is 7.73. The van der Waals surface area contributed by atoms with Crippen LogP contribution in [0.4, 0.5) is 5.69 Å². The summed E-state index contributed by atoms with van der Waals surface area (Å²) in [5.41, 5.74) is 10.1. The molecular formula is C22H31IN4O2S. The van der Waals surface area contributed by atoms with Crippen molar-refractivity contribution in [1.82, 2.24) is 4.31 Å². The van der Waals surface area contributed by atoms with Crippen molar-refractivity contribution in [1.29, 1.82) is 0 Å². The Morgan fingerprint density at radius 3 is 2.40 bits per heavy atom. The first-order valence-corrected chi connectivity index (χ1v) is 11.4. The van der Waals surface area contributed by atoms with Crippen molar-refractivity contribution < 1.29 is 8.42 Å². The van der Waals surface area contributed by atoms with Gasteiger partial charge < -0.3 is 11.1 Å². The van der Waals surface area contributed by atoms with E-state index in [2.05, 4.69) is 23.3 Å². The Labute approximate surface area is 197 Å². The van der Waals surface area contributed by atoms with E-state index >= 15 is 0 Å². The second kappa shape index (κ2) is 10.6. The normalized spacial score (nSPS) is 18.0. The molecule has 0 aliphatic carbocycles. The molecule has 0 aromatic heterocycles. The molecule has 1 saturated heterocycles. The molecule has 1 fully saturated rings. The summed E-state index contributed by atoms with van der Waals surface area (Å²) >= 11 is 0. The Hall–Kier alpha value is -1.65. The molecule has 1 atom stereocenters. The maximum atomic E-state index is 12.8. The van der Waals surface area contributed by atoms with Crippen molar-refractivity contribution in [3.8, 4) is 0 Å². The van der Waals surface area contributed by atoms with E-state index in [-0.39, 0.29) is 24.0 Å². The maximum absolute atomic E-state index is 12.8. The van der Waals surface area contributed by atoms with E-state index in [1.54, 1.807) is 28.6 Å². The summed E-state index contributed by atoms with van der Waals surface area (Å²) in [6, 6.07) is 13.0. The molecule has 0 amide bonds. The van der Waals surface area contributed by atoms with Gasteiger partial charge in [0.2, 0.25) is 10.0 Å². The van der Waals surface area contributed by atoms with E-state index in [4.69, 9.17) is 5.73 Å². The molecule has 0 saturated carbocycles. The monoisotopic (exact) mass is 542 g/mol. The molecule has 1 heterocycles. The van der Waals surface area contributed by atoms with Gasteiger partial charge in [-0.25, -0.2) is 13.4 Å². The zero-order valence-corrected chi connectivity index (χ0v) is 20.9. The Morgan fingerprint density at radius 2 is 1.80 bits per heavy atom. The highest BCUT2D eigenvalue weighted by Gasteiger charge is 2.28. The highest BCUT2D eigenvalue weighted by atomic mass is 127. The first-order valence-electron chi connectivity index (χ1n) is 9.98. The van der Waals surface area contributed by atoms with Crippen LogP contribution in [0.25, 0.3) is 0 Å². The number of hydrogen-bond donors (Lipinski definition) is 2. The highest BCUT2D eigenvalue weighted by Crippen LogP contribution is 2.23. The number of nitrogens with one attached hydrogen (secondary N) is 1. The number of halogens is 1. The third-order valence-electron chi connectivity index (χ3n) is 5.11. The quantitative estimate of drug-likeness (QED) is 0.336. The third kappa shape index (κ3) is 6.42.